The molecule has 0 bridgehead atoms. The van der Waals surface area contributed by atoms with E-state index >= 15 is 0 Å². The van der Waals surface area contributed by atoms with Gasteiger partial charge in [0.15, 0.2) is 5.82 Å². The third-order valence-electron chi connectivity index (χ3n) is 6.61. The molecule has 4 aromatic rings. The Labute approximate surface area is 214 Å². The molecule has 0 aliphatic heterocycles. The van der Waals surface area contributed by atoms with Crippen LogP contribution >= 0.6 is 0 Å². The van der Waals surface area contributed by atoms with Crippen molar-refractivity contribution in [2.45, 2.75) is 32.7 Å². The summed E-state index contributed by atoms with van der Waals surface area (Å²) in [4.78, 5) is 31.4. The third kappa shape index (κ3) is 5.48. The topological polar surface area (TPSA) is 151 Å². The van der Waals surface area contributed by atoms with Crippen molar-refractivity contribution in [3.8, 4) is 22.7 Å². The Morgan fingerprint density at radius 2 is 1.92 bits per heavy atom. The summed E-state index contributed by atoms with van der Waals surface area (Å²) in [5.41, 5.74) is 8.10. The van der Waals surface area contributed by atoms with Crippen LogP contribution in [0.25, 0.3) is 22.7 Å². The van der Waals surface area contributed by atoms with E-state index in [1.165, 1.54) is 0 Å². The second kappa shape index (κ2) is 10.8. The van der Waals surface area contributed by atoms with Crippen molar-refractivity contribution in [2.75, 3.05) is 33.0 Å². The van der Waals surface area contributed by atoms with Crippen molar-refractivity contribution < 1.29 is 14.1 Å². The number of nitrogens with two attached hydrogens (primary N) is 1. The molecule has 1 atom stereocenters. The van der Waals surface area contributed by atoms with Gasteiger partial charge in [0.05, 0.1) is 29.5 Å². The number of nitrogen functional groups attached to an aromatic ring is 1. The first-order chi connectivity index (χ1) is 17.7. The van der Waals surface area contributed by atoms with Crippen LogP contribution in [0.2, 0.25) is 0 Å². The Morgan fingerprint density at radius 1 is 1.16 bits per heavy atom. The number of methoxy groups -OCH3 is 1. The summed E-state index contributed by atoms with van der Waals surface area (Å²) in [5, 5.41) is 8.60. The summed E-state index contributed by atoms with van der Waals surface area (Å²) in [6.07, 6.45) is 8.42. The third-order valence-corrected chi connectivity index (χ3v) is 6.61. The molecule has 2 N–H and O–H groups in total. The molecular weight excluding hydrogens is 474 g/mol. The Kier molecular flexibility index (Phi) is 7.58. The molecule has 0 aliphatic carbocycles. The van der Waals surface area contributed by atoms with Gasteiger partial charge in [0, 0.05) is 51.1 Å². The Hall–Kier alpha value is -4.19. The summed E-state index contributed by atoms with van der Waals surface area (Å²) in [7, 11) is 3.33. The van der Waals surface area contributed by atoms with Crippen molar-refractivity contribution in [3.63, 3.8) is 0 Å². The Balaban J connectivity index is 1.54. The summed E-state index contributed by atoms with van der Waals surface area (Å²) in [6.45, 7) is 7.34. The number of ether oxygens (including phenoxy) is 1. The smallest absolute Gasteiger partial charge is 0.261 e. The number of carbonyl (C=O) groups is 1. The minimum absolute atomic E-state index is 0.0771. The molecule has 0 saturated carbocycles. The molecule has 4 aromatic heterocycles. The van der Waals surface area contributed by atoms with E-state index in [2.05, 4.69) is 46.0 Å². The van der Waals surface area contributed by atoms with Crippen LogP contribution in [0.1, 0.15) is 32.2 Å². The maximum atomic E-state index is 12.4. The van der Waals surface area contributed by atoms with Crippen LogP contribution < -0.4 is 5.73 Å². The molecule has 0 radical (unpaired) electrons. The molecule has 4 heterocycles. The normalized spacial score (nSPS) is 13.0. The summed E-state index contributed by atoms with van der Waals surface area (Å²) in [6, 6.07) is 3.91. The number of likely N-dealkylation sites (N-methyl/N-ethyl adjacent to an activating group) is 1. The standard InChI is InChI=1S/C25H31N9O3/c1-16(2)25(3,19-6-7-20(27-13-19)17-10-28-24(26)29-11-17)23-31-22(37-32-23)18-12-30-34(14-18)15-21(35)33(4)8-9-36-5/h6-7,10-14,16H,8-9,15H2,1-5H3,(H2,26,28,29)/t25-/m1/s1. The van der Waals surface area contributed by atoms with Crippen LogP contribution in [0.15, 0.2) is 47.6 Å². The van der Waals surface area contributed by atoms with Gasteiger partial charge in [0.25, 0.3) is 5.89 Å². The predicted molar refractivity (Wildman–Crippen MR) is 136 cm³/mol. The lowest BCUT2D eigenvalue weighted by molar-refractivity contribution is -0.131. The van der Waals surface area contributed by atoms with E-state index in [9.17, 15) is 4.79 Å². The second-order valence-corrected chi connectivity index (χ2v) is 9.28. The van der Waals surface area contributed by atoms with Gasteiger partial charge in [-0.3, -0.25) is 14.5 Å². The number of aromatic nitrogens is 7. The van der Waals surface area contributed by atoms with E-state index in [1.807, 2.05) is 18.3 Å². The van der Waals surface area contributed by atoms with Crippen molar-refractivity contribution >= 4 is 11.9 Å². The van der Waals surface area contributed by atoms with Gasteiger partial charge in [-0.2, -0.15) is 10.1 Å². The van der Waals surface area contributed by atoms with Gasteiger partial charge in [-0.05, 0) is 24.5 Å². The summed E-state index contributed by atoms with van der Waals surface area (Å²) >= 11 is 0. The van der Waals surface area contributed by atoms with Crippen LogP contribution in [-0.4, -0.2) is 73.0 Å². The van der Waals surface area contributed by atoms with Crippen molar-refractivity contribution in [3.05, 3.63) is 54.5 Å². The molecule has 1 amide bonds. The van der Waals surface area contributed by atoms with Crippen LogP contribution in [0.3, 0.4) is 0 Å². The van der Waals surface area contributed by atoms with E-state index in [1.54, 1.807) is 48.5 Å². The fraction of sp³-hybridized carbons (Fsp3) is 0.400. The lowest BCUT2D eigenvalue weighted by Crippen LogP contribution is -2.32. The summed E-state index contributed by atoms with van der Waals surface area (Å²) in [5.74, 6) is 1.13. The maximum Gasteiger partial charge on any atom is 0.261 e. The molecule has 12 nitrogen and oxygen atoms in total. The number of pyridine rings is 1. The highest BCUT2D eigenvalue weighted by Gasteiger charge is 2.38. The van der Waals surface area contributed by atoms with E-state index in [4.69, 9.17) is 20.0 Å². The second-order valence-electron chi connectivity index (χ2n) is 9.28. The first kappa shape index (κ1) is 25.9. The van der Waals surface area contributed by atoms with Crippen molar-refractivity contribution in [1.29, 1.82) is 0 Å². The van der Waals surface area contributed by atoms with Gasteiger partial charge >= 0.3 is 0 Å². The summed E-state index contributed by atoms with van der Waals surface area (Å²) < 4.78 is 12.2. The van der Waals surface area contributed by atoms with Crippen LogP contribution in [0, 0.1) is 5.92 Å². The van der Waals surface area contributed by atoms with Gasteiger partial charge in [-0.15, -0.1) is 0 Å². The minimum Gasteiger partial charge on any atom is -0.383 e. The van der Waals surface area contributed by atoms with Crippen molar-refractivity contribution in [2.24, 2.45) is 5.92 Å². The molecule has 37 heavy (non-hydrogen) atoms. The number of nitrogens with zero attached hydrogens (tertiary/aromatic N) is 8. The minimum atomic E-state index is -0.569. The highest BCUT2D eigenvalue weighted by molar-refractivity contribution is 5.75. The molecule has 0 unspecified atom stereocenters. The number of anilines is 1. The number of carbonyl (C=O) groups excluding carboxylic acids is 1. The number of amides is 1. The van der Waals surface area contributed by atoms with Gasteiger partial charge < -0.3 is 19.9 Å². The zero-order chi connectivity index (χ0) is 26.6. The molecule has 0 spiro atoms. The van der Waals surface area contributed by atoms with Gasteiger partial charge in [-0.1, -0.05) is 25.1 Å². The SMILES string of the molecule is COCCN(C)C(=O)Cn1cc(-c2nc([C@@](C)(c3ccc(-c4cnc(N)nc4)nc3)C(C)C)no2)cn1. The van der Waals surface area contributed by atoms with Crippen LogP contribution in [0.5, 0.6) is 0 Å². The lowest BCUT2D eigenvalue weighted by Gasteiger charge is -2.30. The molecule has 194 valence electrons. The van der Waals surface area contributed by atoms with Crippen LogP contribution in [-0.2, 0) is 21.5 Å². The Bertz CT molecular complexity index is 1330. The molecule has 12 heteroatoms. The predicted octanol–water partition coefficient (Wildman–Crippen LogP) is 2.43. The van der Waals surface area contributed by atoms with E-state index < -0.39 is 5.41 Å². The molecular formula is C25H31N9O3. The van der Waals surface area contributed by atoms with E-state index in [0.29, 0.717) is 30.4 Å². The molecule has 4 rings (SSSR count). The zero-order valence-corrected chi connectivity index (χ0v) is 21.6. The van der Waals surface area contributed by atoms with Crippen molar-refractivity contribution in [1.82, 2.24) is 39.8 Å². The molecule has 0 aliphatic rings. The lowest BCUT2D eigenvalue weighted by atomic mass is 9.73. The average Bonchev–Trinajstić information content (AvgIpc) is 3.57. The molecule has 0 fully saturated rings. The monoisotopic (exact) mass is 505 g/mol. The number of hydrogen-bond acceptors (Lipinski definition) is 10. The number of hydrogen-bond donors (Lipinski definition) is 1. The first-order valence-electron chi connectivity index (χ1n) is 11.9. The fourth-order valence-electron chi connectivity index (χ4n) is 3.79. The number of rotatable bonds is 10. The molecule has 0 aromatic carbocycles. The van der Waals surface area contributed by atoms with Gasteiger partial charge in [0.2, 0.25) is 11.9 Å². The largest absolute Gasteiger partial charge is 0.383 e. The van der Waals surface area contributed by atoms with Gasteiger partial charge in [0.1, 0.15) is 6.54 Å². The highest BCUT2D eigenvalue weighted by Crippen LogP contribution is 2.38. The fourth-order valence-corrected chi connectivity index (χ4v) is 3.79. The van der Waals surface area contributed by atoms with Crippen LogP contribution in [0.4, 0.5) is 5.95 Å². The van der Waals surface area contributed by atoms with Gasteiger partial charge in [-0.25, -0.2) is 9.97 Å². The zero-order valence-electron chi connectivity index (χ0n) is 21.6. The maximum absolute atomic E-state index is 12.4. The van der Waals surface area contributed by atoms with E-state index in [-0.39, 0.29) is 24.3 Å². The van der Waals surface area contributed by atoms with E-state index in [0.717, 1.165) is 16.8 Å². The quantitative estimate of drug-likeness (QED) is 0.340. The molecule has 0 saturated heterocycles. The Morgan fingerprint density at radius 3 is 2.57 bits per heavy atom. The first-order valence-corrected chi connectivity index (χ1v) is 11.9. The highest BCUT2D eigenvalue weighted by atomic mass is 16.5. The average molecular weight is 506 g/mol.